The maximum Gasteiger partial charge on any atom is 0.131 e. The van der Waals surface area contributed by atoms with Crippen LogP contribution in [0.25, 0.3) is 0 Å². The van der Waals surface area contributed by atoms with Gasteiger partial charge in [-0.3, -0.25) is 0 Å². The summed E-state index contributed by atoms with van der Waals surface area (Å²) in [6, 6.07) is 0. The Labute approximate surface area is 48.8 Å². The first-order chi connectivity index (χ1) is 3.72. The molecule has 0 aromatic carbocycles. The zero-order valence-electron chi connectivity index (χ0n) is 5.23. The van der Waals surface area contributed by atoms with E-state index in [2.05, 4.69) is 0 Å². The Hall–Kier alpha value is -0.110. The third-order valence-corrected chi connectivity index (χ3v) is 1.61. The molecule has 0 radical (unpaired) electrons. The summed E-state index contributed by atoms with van der Waals surface area (Å²) >= 11 is 0. The van der Waals surface area contributed by atoms with E-state index >= 15 is 0 Å². The fourth-order valence-electron chi connectivity index (χ4n) is 0.950. The van der Waals surface area contributed by atoms with E-state index in [-0.39, 0.29) is 12.0 Å². The summed E-state index contributed by atoms with van der Waals surface area (Å²) in [4.78, 5) is 0. The van der Waals surface area contributed by atoms with Gasteiger partial charge in [0.2, 0.25) is 0 Å². The second-order valence-electron chi connectivity index (χ2n) is 2.46. The van der Waals surface area contributed by atoms with Crippen LogP contribution in [0.4, 0.5) is 4.39 Å². The molecule has 1 saturated heterocycles. The fraction of sp³-hybridized carbons (Fsp3) is 1.00. The highest BCUT2D eigenvalue weighted by Gasteiger charge is 2.30. The lowest BCUT2D eigenvalue weighted by Crippen LogP contribution is -2.16. The van der Waals surface area contributed by atoms with Crippen molar-refractivity contribution in [2.24, 2.45) is 5.92 Å². The Kier molecular flexibility index (Phi) is 1.52. The lowest BCUT2D eigenvalue weighted by molar-refractivity contribution is 0.0926. The van der Waals surface area contributed by atoms with Crippen molar-refractivity contribution in [3.8, 4) is 0 Å². The van der Waals surface area contributed by atoms with Gasteiger partial charge in [0, 0.05) is 5.92 Å². The van der Waals surface area contributed by atoms with Crippen molar-refractivity contribution in [1.82, 2.24) is 0 Å². The molecule has 0 aromatic rings. The van der Waals surface area contributed by atoms with Crippen molar-refractivity contribution in [2.75, 3.05) is 6.61 Å². The highest BCUT2D eigenvalue weighted by atomic mass is 19.1. The predicted octanol–water partition coefficient (Wildman–Crippen LogP) is 1.38. The van der Waals surface area contributed by atoms with Crippen LogP contribution in [0.3, 0.4) is 0 Å². The number of rotatable bonds is 0. The lowest BCUT2D eigenvalue weighted by Gasteiger charge is -2.04. The molecule has 3 unspecified atom stereocenters. The first kappa shape index (κ1) is 6.02. The molecule has 1 rings (SSSR count). The van der Waals surface area contributed by atoms with Gasteiger partial charge in [-0.15, -0.1) is 0 Å². The molecule has 3 atom stereocenters. The van der Waals surface area contributed by atoms with Crippen molar-refractivity contribution in [3.05, 3.63) is 0 Å². The number of alkyl halides is 1. The molecular weight excluding hydrogens is 107 g/mol. The lowest BCUT2D eigenvalue weighted by atomic mass is 10.1. The van der Waals surface area contributed by atoms with E-state index in [1.165, 1.54) is 0 Å². The molecule has 48 valence electrons. The molecule has 0 amide bonds. The summed E-state index contributed by atoms with van der Waals surface area (Å²) in [5.74, 6) is 0.102. The van der Waals surface area contributed by atoms with Crippen LogP contribution in [0.1, 0.15) is 13.8 Å². The molecule has 2 heteroatoms. The Morgan fingerprint density at radius 3 is 2.25 bits per heavy atom. The number of hydrogen-bond acceptors (Lipinski definition) is 1. The molecule has 8 heavy (non-hydrogen) atoms. The number of halogens is 1. The zero-order chi connectivity index (χ0) is 6.15. The van der Waals surface area contributed by atoms with Gasteiger partial charge in [-0.25, -0.2) is 4.39 Å². The summed E-state index contributed by atoms with van der Waals surface area (Å²) < 4.78 is 17.6. The van der Waals surface area contributed by atoms with Gasteiger partial charge in [0.1, 0.15) is 6.17 Å². The van der Waals surface area contributed by atoms with Crippen LogP contribution in [0.2, 0.25) is 0 Å². The summed E-state index contributed by atoms with van der Waals surface area (Å²) in [7, 11) is 0. The summed E-state index contributed by atoms with van der Waals surface area (Å²) in [6.45, 7) is 4.23. The minimum Gasteiger partial charge on any atom is -0.375 e. The second-order valence-corrected chi connectivity index (χ2v) is 2.46. The van der Waals surface area contributed by atoms with Crippen molar-refractivity contribution in [3.63, 3.8) is 0 Å². The van der Waals surface area contributed by atoms with E-state index in [1.54, 1.807) is 6.92 Å². The van der Waals surface area contributed by atoms with Crippen molar-refractivity contribution in [1.29, 1.82) is 0 Å². The van der Waals surface area contributed by atoms with Gasteiger partial charge in [-0.1, -0.05) is 6.92 Å². The van der Waals surface area contributed by atoms with Crippen LogP contribution in [0, 0.1) is 5.92 Å². The predicted molar refractivity (Wildman–Crippen MR) is 29.5 cm³/mol. The topological polar surface area (TPSA) is 9.23 Å². The monoisotopic (exact) mass is 118 g/mol. The SMILES string of the molecule is CC1COC(C)C1F. The molecule has 0 N–H and O–H groups in total. The molecular formula is C6H11FO. The van der Waals surface area contributed by atoms with Crippen molar-refractivity contribution < 1.29 is 9.13 Å². The smallest absolute Gasteiger partial charge is 0.131 e. The van der Waals surface area contributed by atoms with Gasteiger partial charge in [0.15, 0.2) is 0 Å². The molecule has 0 spiro atoms. The highest BCUT2D eigenvalue weighted by Crippen LogP contribution is 2.21. The molecule has 0 bridgehead atoms. The Morgan fingerprint density at radius 2 is 2.12 bits per heavy atom. The van der Waals surface area contributed by atoms with Gasteiger partial charge >= 0.3 is 0 Å². The summed E-state index contributed by atoms with van der Waals surface area (Å²) in [5, 5.41) is 0. The van der Waals surface area contributed by atoms with Crippen molar-refractivity contribution in [2.45, 2.75) is 26.1 Å². The molecule has 0 saturated carbocycles. The van der Waals surface area contributed by atoms with E-state index in [4.69, 9.17) is 4.74 Å². The Balaban J connectivity index is 2.44. The van der Waals surface area contributed by atoms with Crippen LogP contribution in [0.5, 0.6) is 0 Å². The Bertz CT molecular complexity index is 74.6. The minimum absolute atomic E-state index is 0.102. The summed E-state index contributed by atoms with van der Waals surface area (Å²) in [5.41, 5.74) is 0. The molecule has 0 aromatic heterocycles. The van der Waals surface area contributed by atoms with Crippen LogP contribution in [-0.2, 0) is 4.74 Å². The van der Waals surface area contributed by atoms with Crippen LogP contribution < -0.4 is 0 Å². The van der Waals surface area contributed by atoms with E-state index in [0.717, 1.165) is 0 Å². The molecule has 1 aliphatic rings. The van der Waals surface area contributed by atoms with E-state index < -0.39 is 6.17 Å². The Morgan fingerprint density at radius 1 is 1.50 bits per heavy atom. The maximum absolute atomic E-state index is 12.6. The second kappa shape index (κ2) is 2.02. The van der Waals surface area contributed by atoms with Gasteiger partial charge < -0.3 is 4.74 Å². The van der Waals surface area contributed by atoms with E-state index in [0.29, 0.717) is 6.61 Å². The van der Waals surface area contributed by atoms with E-state index in [1.807, 2.05) is 6.92 Å². The van der Waals surface area contributed by atoms with Crippen LogP contribution >= 0.6 is 0 Å². The van der Waals surface area contributed by atoms with Crippen molar-refractivity contribution >= 4 is 0 Å². The molecule has 1 aliphatic heterocycles. The van der Waals surface area contributed by atoms with E-state index in [9.17, 15) is 4.39 Å². The van der Waals surface area contributed by atoms with Gasteiger partial charge in [-0.05, 0) is 6.92 Å². The summed E-state index contributed by atoms with van der Waals surface area (Å²) in [6.07, 6.45) is -0.917. The average Bonchev–Trinajstić information content (AvgIpc) is 1.98. The third kappa shape index (κ3) is 0.848. The zero-order valence-corrected chi connectivity index (χ0v) is 5.23. The van der Waals surface area contributed by atoms with Gasteiger partial charge in [-0.2, -0.15) is 0 Å². The average molecular weight is 118 g/mol. The van der Waals surface area contributed by atoms with Crippen LogP contribution in [-0.4, -0.2) is 18.9 Å². The molecule has 1 nitrogen and oxygen atoms in total. The molecule has 0 aliphatic carbocycles. The standard InChI is InChI=1S/C6H11FO/c1-4-3-8-5(2)6(4)7/h4-6H,3H2,1-2H3. The fourth-order valence-corrected chi connectivity index (χ4v) is 0.950. The van der Waals surface area contributed by atoms with Gasteiger partial charge in [0.25, 0.3) is 0 Å². The molecule has 1 fully saturated rings. The first-order valence-electron chi connectivity index (χ1n) is 2.97. The maximum atomic E-state index is 12.6. The highest BCUT2D eigenvalue weighted by molar-refractivity contribution is 4.77. The number of ether oxygens (including phenoxy) is 1. The normalized spacial score (nSPS) is 47.6. The first-order valence-corrected chi connectivity index (χ1v) is 2.97. The minimum atomic E-state index is -0.741. The van der Waals surface area contributed by atoms with Gasteiger partial charge in [0.05, 0.1) is 12.7 Å². The van der Waals surface area contributed by atoms with Crippen LogP contribution in [0.15, 0.2) is 0 Å². The number of hydrogen-bond donors (Lipinski definition) is 0. The molecule has 1 heterocycles. The largest absolute Gasteiger partial charge is 0.375 e. The third-order valence-electron chi connectivity index (χ3n) is 1.61. The quantitative estimate of drug-likeness (QED) is 0.467.